The van der Waals surface area contributed by atoms with Crippen LogP contribution in [0.4, 0.5) is 79.0 Å². The Balaban J connectivity index is 1.75. The van der Waals surface area contributed by atoms with E-state index >= 15 is 0 Å². The second-order valence-electron chi connectivity index (χ2n) is 9.80. The Morgan fingerprint density at radius 2 is 0.549 bits per heavy atom. The van der Waals surface area contributed by atoms with Gasteiger partial charge in [0.1, 0.15) is 33.1 Å². The first-order valence-electron chi connectivity index (χ1n) is 12.5. The molecule has 6 aromatic heterocycles. The van der Waals surface area contributed by atoms with E-state index in [2.05, 4.69) is 29.9 Å². The molecule has 6 rings (SSSR count). The fraction of sp³-hybridized carbons (Fsp3) is 0.250. The molecule has 0 saturated heterocycles. The third-order valence-corrected chi connectivity index (χ3v) is 9.82. The Bertz CT molecular complexity index is 2190. The summed E-state index contributed by atoms with van der Waals surface area (Å²) < 4.78 is 246. The Labute approximate surface area is 277 Å². The van der Waals surface area contributed by atoms with Gasteiger partial charge in [0.15, 0.2) is 34.2 Å². The van der Waals surface area contributed by atoms with E-state index in [0.717, 1.165) is 0 Å². The molecule has 0 atom stereocenters. The summed E-state index contributed by atoms with van der Waals surface area (Å²) in [4.78, 5) is 14.7. The summed E-state index contributed by atoms with van der Waals surface area (Å²) >= 11 is 0.418. The van der Waals surface area contributed by atoms with Gasteiger partial charge >= 0.3 is 37.1 Å². The maximum atomic E-state index is 13.9. The van der Waals surface area contributed by atoms with Gasteiger partial charge in [0.05, 0.1) is 19.5 Å². The Kier molecular flexibility index (Phi) is 8.03. The molecule has 0 spiro atoms. The number of alkyl halides is 18. The number of halogens is 18. The van der Waals surface area contributed by atoms with Crippen LogP contribution in [0.5, 0.6) is 0 Å². The van der Waals surface area contributed by atoms with E-state index in [1.807, 2.05) is 0 Å². The third kappa shape index (κ3) is 6.35. The Morgan fingerprint density at radius 3 is 0.804 bits per heavy atom. The monoisotopic (exact) mass is 812 g/mol. The van der Waals surface area contributed by atoms with Gasteiger partial charge in [0.25, 0.3) is 0 Å². The first-order valence-corrected chi connectivity index (χ1v) is 15.0. The van der Waals surface area contributed by atoms with Crippen LogP contribution in [-0.4, -0.2) is 29.9 Å². The fourth-order valence-electron chi connectivity index (χ4n) is 4.50. The Hall–Kier alpha value is -4.14. The zero-order valence-electron chi connectivity index (χ0n) is 22.9. The van der Waals surface area contributed by atoms with Crippen molar-refractivity contribution in [2.75, 3.05) is 0 Å². The molecule has 6 heterocycles. The molecule has 0 fully saturated rings. The first kappa shape index (κ1) is 36.6. The van der Waals surface area contributed by atoms with Crippen LogP contribution in [0.2, 0.25) is 0 Å². The van der Waals surface area contributed by atoms with Crippen LogP contribution in [-0.2, 0) is 37.1 Å². The van der Waals surface area contributed by atoms with E-state index in [9.17, 15) is 79.0 Å². The second-order valence-corrected chi connectivity index (χ2v) is 12.6. The maximum absolute atomic E-state index is 13.9. The summed E-state index contributed by atoms with van der Waals surface area (Å²) in [6.45, 7) is 0. The highest BCUT2D eigenvalue weighted by atomic mass is 32.1. The molecular formula is C24H2F18N6S3. The van der Waals surface area contributed by atoms with Crippen molar-refractivity contribution in [2.24, 2.45) is 0 Å². The lowest BCUT2D eigenvalue weighted by molar-refractivity contribution is -0.167. The summed E-state index contributed by atoms with van der Waals surface area (Å²) in [6.07, 6.45) is -35.0. The molecule has 51 heavy (non-hydrogen) atoms. The van der Waals surface area contributed by atoms with Crippen LogP contribution in [0.25, 0.3) is 52.6 Å². The number of aromatic nitrogens is 6. The second kappa shape index (κ2) is 11.2. The molecule has 27 heteroatoms. The van der Waals surface area contributed by atoms with Crippen LogP contribution < -0.4 is 0 Å². The third-order valence-electron chi connectivity index (χ3n) is 6.41. The molecule has 6 aromatic rings. The summed E-state index contributed by atoms with van der Waals surface area (Å²) in [5.41, 5.74) is -22.0. The van der Waals surface area contributed by atoms with Gasteiger partial charge < -0.3 is 0 Å². The molecule has 0 unspecified atom stereocenters. The van der Waals surface area contributed by atoms with Crippen molar-refractivity contribution in [3.63, 3.8) is 0 Å². The zero-order chi connectivity index (χ0) is 38.0. The van der Waals surface area contributed by atoms with E-state index in [1.165, 1.54) is 0 Å². The maximum Gasteiger partial charge on any atom is 0.435 e. The summed E-state index contributed by atoms with van der Waals surface area (Å²) in [6, 6.07) is 0. The van der Waals surface area contributed by atoms with Crippen molar-refractivity contribution >= 4 is 67.1 Å². The van der Waals surface area contributed by atoms with Crippen molar-refractivity contribution < 1.29 is 79.0 Å². The number of hydrogen-bond acceptors (Lipinski definition) is 9. The minimum atomic E-state index is -5.93. The molecule has 0 aliphatic rings. The van der Waals surface area contributed by atoms with Crippen molar-refractivity contribution in [2.45, 2.75) is 37.1 Å². The number of rotatable bonds is 2. The topological polar surface area (TPSA) is 77.3 Å². The minimum Gasteiger partial charge on any atom is -0.239 e. The van der Waals surface area contributed by atoms with Gasteiger partial charge in [-0.1, -0.05) is 0 Å². The van der Waals surface area contributed by atoms with Gasteiger partial charge in [-0.05, 0) is 0 Å². The van der Waals surface area contributed by atoms with Gasteiger partial charge in [-0.25, -0.2) is 29.9 Å². The van der Waals surface area contributed by atoms with E-state index in [0.29, 0.717) is 10.8 Å². The van der Waals surface area contributed by atoms with Gasteiger partial charge in [-0.15, -0.1) is 34.0 Å². The van der Waals surface area contributed by atoms with Crippen molar-refractivity contribution in [3.05, 3.63) is 44.9 Å². The molecule has 0 aromatic carbocycles. The van der Waals surface area contributed by atoms with Crippen LogP contribution in [0.3, 0.4) is 0 Å². The van der Waals surface area contributed by atoms with Gasteiger partial charge in [-0.2, -0.15) is 79.0 Å². The van der Waals surface area contributed by atoms with Gasteiger partial charge in [-0.3, -0.25) is 0 Å². The zero-order valence-corrected chi connectivity index (χ0v) is 25.3. The molecule has 272 valence electrons. The number of thiophene rings is 3. The molecule has 0 N–H and O–H groups in total. The van der Waals surface area contributed by atoms with Crippen LogP contribution >= 0.6 is 34.0 Å². The van der Waals surface area contributed by atoms with E-state index in [-0.39, 0.29) is 34.0 Å². The summed E-state index contributed by atoms with van der Waals surface area (Å²) in [5.74, 6) is 0. The van der Waals surface area contributed by atoms with Gasteiger partial charge in [0, 0.05) is 10.8 Å². The Morgan fingerprint density at radius 1 is 0.314 bits per heavy atom. The lowest BCUT2D eigenvalue weighted by Gasteiger charge is -2.14. The molecule has 0 amide bonds. The van der Waals surface area contributed by atoms with Crippen molar-refractivity contribution in [3.8, 4) is 19.5 Å². The molecule has 0 saturated carbocycles. The quantitative estimate of drug-likeness (QED) is 0.162. The molecule has 0 aliphatic heterocycles. The molecule has 0 radical (unpaired) electrons. The summed E-state index contributed by atoms with van der Waals surface area (Å²) in [5, 5.41) is 1.33. The lowest BCUT2D eigenvalue weighted by Crippen LogP contribution is -2.20. The molecule has 0 aliphatic carbocycles. The molecular weight excluding hydrogens is 810 g/mol. The smallest absolute Gasteiger partial charge is 0.239 e. The average molecular weight is 812 g/mol. The predicted molar refractivity (Wildman–Crippen MR) is 140 cm³/mol. The van der Waals surface area contributed by atoms with Crippen LogP contribution in [0.15, 0.2) is 10.8 Å². The normalized spacial score (nSPS) is 14.1. The standard InChI is InChI=1S/C24H2F18N6S3/c25-19(26,27)13-15(21(31,32)33)45-5-3(43-13)1-49-9(5)11-7-8(48-18(24(40,41)42)17(47-7)23(37,38)39)12(51-11)10-6-4(2-50-10)44-14(20(28,29)30)16(46-6)22(34,35)36/h1-2H. The van der Waals surface area contributed by atoms with Gasteiger partial charge in [0.2, 0.25) is 0 Å². The summed E-state index contributed by atoms with van der Waals surface area (Å²) in [7, 11) is 0. The predicted octanol–water partition coefficient (Wildman–Crippen LogP) is 11.1. The van der Waals surface area contributed by atoms with Crippen molar-refractivity contribution in [1.82, 2.24) is 29.9 Å². The molecule has 0 bridgehead atoms. The largest absolute Gasteiger partial charge is 0.435 e. The van der Waals surface area contributed by atoms with E-state index in [4.69, 9.17) is 0 Å². The minimum absolute atomic E-state index is 0.0214. The van der Waals surface area contributed by atoms with Crippen LogP contribution in [0.1, 0.15) is 34.2 Å². The fourth-order valence-corrected chi connectivity index (χ4v) is 7.82. The van der Waals surface area contributed by atoms with Crippen LogP contribution in [0, 0.1) is 0 Å². The van der Waals surface area contributed by atoms with E-state index < -0.39 is 124 Å². The highest BCUT2D eigenvalue weighted by molar-refractivity contribution is 7.28. The van der Waals surface area contributed by atoms with Crippen molar-refractivity contribution in [1.29, 1.82) is 0 Å². The average Bonchev–Trinajstić information content (AvgIpc) is 3.66. The highest BCUT2D eigenvalue weighted by Gasteiger charge is 2.50. The number of fused-ring (bicyclic) bond motifs is 3. The van der Waals surface area contributed by atoms with E-state index in [1.54, 1.807) is 0 Å². The number of nitrogens with zero attached hydrogens (tertiary/aromatic N) is 6. The SMILES string of the molecule is FC(F)(F)c1nc2csc(-c3sc(-c4scc5nc(C(F)(F)F)c(C(F)(F)F)nc45)c4nc(C(F)(F)F)c(C(F)(F)F)nc34)c2nc1C(F)(F)F. The molecule has 6 nitrogen and oxygen atoms in total. The lowest BCUT2D eigenvalue weighted by atomic mass is 10.2. The first-order chi connectivity index (χ1) is 23.1. The number of hydrogen-bond donors (Lipinski definition) is 0. The highest BCUT2D eigenvalue weighted by Crippen LogP contribution is 2.52.